The summed E-state index contributed by atoms with van der Waals surface area (Å²) >= 11 is 0. The van der Waals surface area contributed by atoms with Crippen LogP contribution in [-0.2, 0) is 4.79 Å². The summed E-state index contributed by atoms with van der Waals surface area (Å²) in [6.07, 6.45) is 5.97. The molecule has 0 aliphatic heterocycles. The monoisotopic (exact) mass is 239 g/mol. The average molecular weight is 239 g/mol. The molecule has 0 aromatic carbocycles. The minimum Gasteiger partial charge on any atom is -0.380 e. The van der Waals surface area contributed by atoms with Crippen LogP contribution < -0.4 is 11.1 Å². The Bertz CT molecular complexity index is 294. The third-order valence-electron chi connectivity index (χ3n) is 2.16. The number of hydrogen-bond acceptors (Lipinski definition) is 3. The van der Waals surface area contributed by atoms with Crippen LogP contribution in [0, 0.1) is 5.92 Å². The second kappa shape index (κ2) is 9.54. The Morgan fingerprint density at radius 3 is 2.82 bits per heavy atom. The molecule has 96 valence electrons. The Morgan fingerprint density at radius 1 is 1.59 bits per heavy atom. The maximum atomic E-state index is 11.1. The first-order valence-corrected chi connectivity index (χ1v) is 5.79. The molecule has 1 amide bonds. The SMILES string of the molecule is CC(C)C[C@@H](N/C=C/CCCN=[N+]=[N-])C(N)=O. The molecule has 0 radical (unpaired) electrons. The molecular formula is C11H21N5O. The third-order valence-corrected chi connectivity index (χ3v) is 2.16. The van der Waals surface area contributed by atoms with Crippen molar-refractivity contribution < 1.29 is 4.79 Å². The maximum Gasteiger partial charge on any atom is 0.239 e. The van der Waals surface area contributed by atoms with Crippen molar-refractivity contribution in [3.8, 4) is 0 Å². The van der Waals surface area contributed by atoms with Gasteiger partial charge in [-0.05, 0) is 36.9 Å². The highest BCUT2D eigenvalue weighted by Crippen LogP contribution is 2.04. The van der Waals surface area contributed by atoms with Gasteiger partial charge in [-0.2, -0.15) is 0 Å². The third kappa shape index (κ3) is 9.26. The van der Waals surface area contributed by atoms with Crippen LogP contribution in [0.4, 0.5) is 0 Å². The van der Waals surface area contributed by atoms with Crippen molar-refractivity contribution in [3.05, 3.63) is 22.7 Å². The van der Waals surface area contributed by atoms with E-state index in [1.165, 1.54) is 0 Å². The Balaban J connectivity index is 3.83. The molecule has 0 spiro atoms. The fourth-order valence-electron chi connectivity index (χ4n) is 1.33. The van der Waals surface area contributed by atoms with Crippen molar-refractivity contribution in [2.75, 3.05) is 6.54 Å². The number of nitrogens with two attached hydrogens (primary N) is 1. The van der Waals surface area contributed by atoms with Gasteiger partial charge in [0.25, 0.3) is 0 Å². The fourth-order valence-corrected chi connectivity index (χ4v) is 1.33. The van der Waals surface area contributed by atoms with E-state index < -0.39 is 0 Å². The van der Waals surface area contributed by atoms with Crippen LogP contribution in [0.25, 0.3) is 10.4 Å². The number of allylic oxidation sites excluding steroid dienone is 1. The molecule has 0 bridgehead atoms. The number of nitrogens with zero attached hydrogens (tertiary/aromatic N) is 3. The Labute approximate surface area is 102 Å². The number of hydrogen-bond donors (Lipinski definition) is 2. The second-order valence-corrected chi connectivity index (χ2v) is 4.25. The summed E-state index contributed by atoms with van der Waals surface area (Å²) in [6.45, 7) is 4.58. The molecule has 0 unspecified atom stereocenters. The summed E-state index contributed by atoms with van der Waals surface area (Å²) in [6, 6.07) is -0.316. The summed E-state index contributed by atoms with van der Waals surface area (Å²) in [4.78, 5) is 13.8. The molecule has 0 aromatic rings. The van der Waals surface area contributed by atoms with Crippen LogP contribution in [-0.4, -0.2) is 18.5 Å². The zero-order valence-electron chi connectivity index (χ0n) is 10.5. The van der Waals surface area contributed by atoms with Gasteiger partial charge in [-0.25, -0.2) is 0 Å². The van der Waals surface area contributed by atoms with E-state index in [1.807, 2.05) is 19.9 Å². The summed E-state index contributed by atoms with van der Waals surface area (Å²) in [5.74, 6) is 0.0794. The molecule has 0 fully saturated rings. The molecule has 6 heteroatoms. The Kier molecular flexibility index (Phi) is 8.60. The van der Waals surface area contributed by atoms with Crippen molar-refractivity contribution in [1.29, 1.82) is 0 Å². The molecule has 1 atom stereocenters. The minimum atomic E-state index is -0.336. The smallest absolute Gasteiger partial charge is 0.239 e. The Hall–Kier alpha value is -1.68. The lowest BCUT2D eigenvalue weighted by Crippen LogP contribution is -2.39. The lowest BCUT2D eigenvalue weighted by Gasteiger charge is -2.15. The van der Waals surface area contributed by atoms with Gasteiger partial charge < -0.3 is 11.1 Å². The number of unbranched alkanes of at least 4 members (excludes halogenated alkanes) is 1. The fraction of sp³-hybridized carbons (Fsp3) is 0.727. The lowest BCUT2D eigenvalue weighted by atomic mass is 10.0. The molecule has 0 saturated heterocycles. The molecule has 6 nitrogen and oxygen atoms in total. The molecule has 0 saturated carbocycles. The van der Waals surface area contributed by atoms with Crippen molar-refractivity contribution in [1.82, 2.24) is 5.32 Å². The van der Waals surface area contributed by atoms with Gasteiger partial charge in [-0.1, -0.05) is 25.0 Å². The predicted octanol–water partition coefficient (Wildman–Crippen LogP) is 2.08. The Morgan fingerprint density at radius 2 is 2.29 bits per heavy atom. The van der Waals surface area contributed by atoms with Gasteiger partial charge in [0.05, 0.1) is 0 Å². The highest BCUT2D eigenvalue weighted by Gasteiger charge is 2.14. The summed E-state index contributed by atoms with van der Waals surface area (Å²) < 4.78 is 0. The average Bonchev–Trinajstić information content (AvgIpc) is 2.25. The van der Waals surface area contributed by atoms with Crippen LogP contribution in [0.5, 0.6) is 0 Å². The normalized spacial score (nSPS) is 12.4. The maximum absolute atomic E-state index is 11.1. The van der Waals surface area contributed by atoms with Gasteiger partial charge in [0.2, 0.25) is 5.91 Å². The van der Waals surface area contributed by atoms with Gasteiger partial charge in [0.1, 0.15) is 6.04 Å². The predicted molar refractivity (Wildman–Crippen MR) is 68.0 cm³/mol. The molecule has 3 N–H and O–H groups in total. The van der Waals surface area contributed by atoms with Crippen molar-refractivity contribution >= 4 is 5.91 Å². The molecular weight excluding hydrogens is 218 g/mol. The van der Waals surface area contributed by atoms with Crippen LogP contribution in [0.2, 0.25) is 0 Å². The van der Waals surface area contributed by atoms with Crippen LogP contribution in [0.3, 0.4) is 0 Å². The first kappa shape index (κ1) is 15.3. The van der Waals surface area contributed by atoms with Crippen LogP contribution >= 0.6 is 0 Å². The van der Waals surface area contributed by atoms with E-state index in [2.05, 4.69) is 15.3 Å². The number of carbonyl (C=O) groups is 1. The molecule has 0 aliphatic rings. The number of rotatable bonds is 9. The molecule has 0 aliphatic carbocycles. The lowest BCUT2D eigenvalue weighted by molar-refractivity contribution is -0.120. The van der Waals surface area contributed by atoms with Crippen LogP contribution in [0.1, 0.15) is 33.1 Å². The zero-order valence-corrected chi connectivity index (χ0v) is 10.5. The van der Waals surface area contributed by atoms with Gasteiger partial charge in [-0.3, -0.25) is 4.79 Å². The van der Waals surface area contributed by atoms with Gasteiger partial charge in [-0.15, -0.1) is 0 Å². The number of azide groups is 1. The number of primary amides is 1. The van der Waals surface area contributed by atoms with E-state index in [0.29, 0.717) is 12.5 Å². The van der Waals surface area contributed by atoms with E-state index in [9.17, 15) is 4.79 Å². The van der Waals surface area contributed by atoms with Crippen molar-refractivity contribution in [3.63, 3.8) is 0 Å². The van der Waals surface area contributed by atoms with Gasteiger partial charge in [0, 0.05) is 11.5 Å². The van der Waals surface area contributed by atoms with E-state index >= 15 is 0 Å². The summed E-state index contributed by atoms with van der Waals surface area (Å²) in [7, 11) is 0. The molecule has 0 rings (SSSR count). The molecule has 0 heterocycles. The standard InChI is InChI=1S/C11H21N5O/c1-9(2)8-10(11(12)17)14-6-4-3-5-7-15-16-13/h4,6,9-10,14H,3,5,7-8H2,1-2H3,(H2,12,17)/b6-4+/t10-/m1/s1. The van der Waals surface area contributed by atoms with E-state index in [4.69, 9.17) is 11.3 Å². The number of amides is 1. The highest BCUT2D eigenvalue weighted by atomic mass is 16.1. The van der Waals surface area contributed by atoms with Crippen molar-refractivity contribution in [2.45, 2.75) is 39.2 Å². The topological polar surface area (TPSA) is 104 Å². The number of nitrogens with one attached hydrogen (secondary N) is 1. The zero-order chi connectivity index (χ0) is 13.1. The van der Waals surface area contributed by atoms with Gasteiger partial charge in [0.15, 0.2) is 0 Å². The summed E-state index contributed by atoms with van der Waals surface area (Å²) in [5, 5.41) is 6.41. The molecule has 0 aromatic heterocycles. The van der Waals surface area contributed by atoms with E-state index in [0.717, 1.165) is 19.3 Å². The van der Waals surface area contributed by atoms with E-state index in [-0.39, 0.29) is 11.9 Å². The molecule has 17 heavy (non-hydrogen) atoms. The van der Waals surface area contributed by atoms with Crippen LogP contribution in [0.15, 0.2) is 17.4 Å². The van der Waals surface area contributed by atoms with E-state index in [1.54, 1.807) is 6.20 Å². The largest absolute Gasteiger partial charge is 0.380 e. The minimum absolute atomic E-state index is 0.316. The first-order chi connectivity index (χ1) is 8.07. The van der Waals surface area contributed by atoms with Crippen molar-refractivity contribution in [2.24, 2.45) is 16.8 Å². The van der Waals surface area contributed by atoms with Gasteiger partial charge >= 0.3 is 0 Å². The number of carbonyl (C=O) groups excluding carboxylic acids is 1. The quantitative estimate of drug-likeness (QED) is 0.278. The highest BCUT2D eigenvalue weighted by molar-refractivity contribution is 5.79. The first-order valence-electron chi connectivity index (χ1n) is 5.79. The summed E-state index contributed by atoms with van der Waals surface area (Å²) in [5.41, 5.74) is 13.3. The second-order valence-electron chi connectivity index (χ2n) is 4.25.